The molecule has 1 spiro atoms. The minimum Gasteiger partial charge on any atom is -0.468 e. The lowest BCUT2D eigenvalue weighted by Gasteiger charge is -2.57. The van der Waals surface area contributed by atoms with Gasteiger partial charge in [0.05, 0.1) is 12.8 Å². The van der Waals surface area contributed by atoms with E-state index in [0.717, 1.165) is 37.5 Å². The fourth-order valence-electron chi connectivity index (χ4n) is 5.19. The summed E-state index contributed by atoms with van der Waals surface area (Å²) in [6.07, 6.45) is 9.84. The van der Waals surface area contributed by atoms with Crippen molar-refractivity contribution in [3.05, 3.63) is 24.2 Å². The van der Waals surface area contributed by atoms with Gasteiger partial charge in [-0.2, -0.15) is 0 Å². The molecule has 134 valence electrons. The zero-order valence-electron chi connectivity index (χ0n) is 15.1. The SMILES string of the molecule is CN(Cc1ccco1)[C@@H]1CCC12CCN(CC1CCOCC1)CC2. The first kappa shape index (κ1) is 16.6. The number of piperidine rings is 1. The van der Waals surface area contributed by atoms with Crippen LogP contribution in [0.1, 0.15) is 44.3 Å². The average molecular weight is 332 g/mol. The van der Waals surface area contributed by atoms with Gasteiger partial charge in [-0.1, -0.05) is 0 Å². The van der Waals surface area contributed by atoms with Crippen LogP contribution in [0.5, 0.6) is 0 Å². The van der Waals surface area contributed by atoms with Crippen molar-refractivity contribution in [2.75, 3.05) is 39.9 Å². The molecular weight excluding hydrogens is 300 g/mol. The van der Waals surface area contributed by atoms with Crippen LogP contribution >= 0.6 is 0 Å². The molecule has 0 radical (unpaired) electrons. The van der Waals surface area contributed by atoms with Gasteiger partial charge in [0.1, 0.15) is 5.76 Å². The van der Waals surface area contributed by atoms with Crippen LogP contribution in [0.15, 0.2) is 22.8 Å². The summed E-state index contributed by atoms with van der Waals surface area (Å²) in [7, 11) is 2.28. The number of hydrogen-bond acceptors (Lipinski definition) is 4. The molecule has 1 atom stereocenters. The first-order valence-corrected chi connectivity index (χ1v) is 9.78. The molecule has 3 fully saturated rings. The first-order chi connectivity index (χ1) is 11.8. The van der Waals surface area contributed by atoms with Crippen molar-refractivity contribution in [1.29, 1.82) is 0 Å². The van der Waals surface area contributed by atoms with Gasteiger partial charge in [0.25, 0.3) is 0 Å². The Morgan fingerprint density at radius 1 is 1.17 bits per heavy atom. The van der Waals surface area contributed by atoms with E-state index in [1.807, 2.05) is 6.07 Å². The van der Waals surface area contributed by atoms with Crippen molar-refractivity contribution < 1.29 is 9.15 Å². The molecule has 4 nitrogen and oxygen atoms in total. The molecule has 1 saturated carbocycles. The Kier molecular flexibility index (Phi) is 4.98. The van der Waals surface area contributed by atoms with Crippen molar-refractivity contribution in [3.63, 3.8) is 0 Å². The molecule has 1 aliphatic carbocycles. The summed E-state index contributed by atoms with van der Waals surface area (Å²) in [6, 6.07) is 4.83. The van der Waals surface area contributed by atoms with Gasteiger partial charge in [-0.15, -0.1) is 0 Å². The van der Waals surface area contributed by atoms with Gasteiger partial charge < -0.3 is 14.1 Å². The molecule has 0 amide bonds. The molecule has 3 heterocycles. The Morgan fingerprint density at radius 3 is 2.58 bits per heavy atom. The number of likely N-dealkylation sites (tertiary alicyclic amines) is 1. The van der Waals surface area contributed by atoms with E-state index in [1.54, 1.807) is 6.26 Å². The molecule has 4 rings (SSSR count). The number of ether oxygens (including phenoxy) is 1. The minimum atomic E-state index is 0.577. The van der Waals surface area contributed by atoms with Crippen LogP contribution in [0.4, 0.5) is 0 Å². The van der Waals surface area contributed by atoms with Crippen LogP contribution in [-0.4, -0.2) is 55.7 Å². The highest BCUT2D eigenvalue weighted by molar-refractivity contribution is 5.05. The highest BCUT2D eigenvalue weighted by atomic mass is 16.5. The maximum absolute atomic E-state index is 5.54. The fraction of sp³-hybridized carbons (Fsp3) is 0.800. The van der Waals surface area contributed by atoms with Crippen molar-refractivity contribution in [2.45, 2.75) is 51.1 Å². The van der Waals surface area contributed by atoms with Gasteiger partial charge in [0.2, 0.25) is 0 Å². The normalized spacial score (nSPS) is 28.3. The van der Waals surface area contributed by atoms with Crippen LogP contribution in [0.3, 0.4) is 0 Å². The van der Waals surface area contributed by atoms with Crippen LogP contribution in [0.2, 0.25) is 0 Å². The van der Waals surface area contributed by atoms with Crippen LogP contribution in [0, 0.1) is 11.3 Å². The number of nitrogens with zero attached hydrogens (tertiary/aromatic N) is 2. The Morgan fingerprint density at radius 2 is 1.96 bits per heavy atom. The first-order valence-electron chi connectivity index (χ1n) is 9.78. The Balaban J connectivity index is 1.27. The summed E-state index contributed by atoms with van der Waals surface area (Å²) in [6.45, 7) is 6.78. The second-order valence-electron chi connectivity index (χ2n) is 8.27. The zero-order valence-corrected chi connectivity index (χ0v) is 15.1. The molecule has 3 aliphatic rings. The van der Waals surface area contributed by atoms with Crippen molar-refractivity contribution >= 4 is 0 Å². The lowest BCUT2D eigenvalue weighted by Crippen LogP contribution is -2.58. The summed E-state index contributed by atoms with van der Waals surface area (Å²) < 4.78 is 11.0. The zero-order chi connectivity index (χ0) is 16.4. The van der Waals surface area contributed by atoms with E-state index in [-0.39, 0.29) is 0 Å². The van der Waals surface area contributed by atoms with E-state index < -0.39 is 0 Å². The largest absolute Gasteiger partial charge is 0.468 e. The van der Waals surface area contributed by atoms with E-state index >= 15 is 0 Å². The Bertz CT molecular complexity index is 502. The Hall–Kier alpha value is -0.840. The molecule has 2 aliphatic heterocycles. The lowest BCUT2D eigenvalue weighted by atomic mass is 9.58. The van der Waals surface area contributed by atoms with Crippen LogP contribution < -0.4 is 0 Å². The molecule has 1 aromatic rings. The summed E-state index contributed by atoms with van der Waals surface area (Å²) in [5.41, 5.74) is 0.577. The quantitative estimate of drug-likeness (QED) is 0.826. The molecule has 0 bridgehead atoms. The molecule has 0 aromatic carbocycles. The third-order valence-corrected chi connectivity index (χ3v) is 6.85. The van der Waals surface area contributed by atoms with Gasteiger partial charge in [0.15, 0.2) is 0 Å². The summed E-state index contributed by atoms with van der Waals surface area (Å²) in [5.74, 6) is 1.96. The van der Waals surface area contributed by atoms with Crippen molar-refractivity contribution in [1.82, 2.24) is 9.80 Å². The van der Waals surface area contributed by atoms with E-state index in [1.165, 1.54) is 58.2 Å². The lowest BCUT2D eigenvalue weighted by molar-refractivity contribution is -0.0674. The highest BCUT2D eigenvalue weighted by Gasteiger charge is 2.49. The summed E-state index contributed by atoms with van der Waals surface area (Å²) >= 11 is 0. The molecule has 1 aromatic heterocycles. The number of furan rings is 1. The van der Waals surface area contributed by atoms with Gasteiger partial charge in [-0.05, 0) is 82.1 Å². The van der Waals surface area contributed by atoms with E-state index in [4.69, 9.17) is 9.15 Å². The van der Waals surface area contributed by atoms with Crippen molar-refractivity contribution in [3.8, 4) is 0 Å². The molecular formula is C20H32N2O2. The van der Waals surface area contributed by atoms with Crippen molar-refractivity contribution in [2.24, 2.45) is 11.3 Å². The molecule has 2 saturated heterocycles. The molecule has 24 heavy (non-hydrogen) atoms. The maximum atomic E-state index is 5.54. The second kappa shape index (κ2) is 7.19. The monoisotopic (exact) mass is 332 g/mol. The van der Waals surface area contributed by atoms with Crippen LogP contribution in [0.25, 0.3) is 0 Å². The van der Waals surface area contributed by atoms with Gasteiger partial charge >= 0.3 is 0 Å². The van der Waals surface area contributed by atoms with E-state index in [9.17, 15) is 0 Å². The van der Waals surface area contributed by atoms with Gasteiger partial charge in [-0.3, -0.25) is 4.90 Å². The third-order valence-electron chi connectivity index (χ3n) is 6.85. The molecule has 0 unspecified atom stereocenters. The standard InChI is InChI=1S/C20H32N2O2/c1-21(16-18-3-2-12-24-18)19-4-7-20(19)8-10-22(11-9-20)15-17-5-13-23-14-6-17/h2-3,12,17,19H,4-11,13-16H2,1H3/t19-/m1/s1. The third kappa shape index (κ3) is 3.42. The molecule has 4 heteroatoms. The predicted molar refractivity (Wildman–Crippen MR) is 94.8 cm³/mol. The summed E-state index contributed by atoms with van der Waals surface area (Å²) in [4.78, 5) is 5.26. The number of hydrogen-bond donors (Lipinski definition) is 0. The minimum absolute atomic E-state index is 0.577. The average Bonchev–Trinajstić information content (AvgIpc) is 3.08. The predicted octanol–water partition coefficient (Wildman–Crippen LogP) is 3.38. The van der Waals surface area contributed by atoms with Crippen LogP contribution in [-0.2, 0) is 11.3 Å². The van der Waals surface area contributed by atoms with E-state index in [2.05, 4.69) is 22.9 Å². The molecule has 0 N–H and O–H groups in total. The van der Waals surface area contributed by atoms with Gasteiger partial charge in [-0.25, -0.2) is 0 Å². The van der Waals surface area contributed by atoms with Gasteiger partial charge in [0, 0.05) is 25.8 Å². The topological polar surface area (TPSA) is 28.9 Å². The highest BCUT2D eigenvalue weighted by Crippen LogP contribution is 2.51. The summed E-state index contributed by atoms with van der Waals surface area (Å²) in [5, 5.41) is 0. The van der Waals surface area contributed by atoms with E-state index in [0.29, 0.717) is 5.41 Å². The fourth-order valence-corrected chi connectivity index (χ4v) is 5.19. The number of rotatable bonds is 5. The maximum Gasteiger partial charge on any atom is 0.117 e. The smallest absolute Gasteiger partial charge is 0.117 e. The Labute approximate surface area is 146 Å². The second-order valence-corrected chi connectivity index (χ2v) is 8.27.